The number of fused-ring (bicyclic) bond motifs is 1. The Morgan fingerprint density at radius 2 is 1.88 bits per heavy atom. The first-order chi connectivity index (χ1) is 16.5. The van der Waals surface area contributed by atoms with E-state index in [4.69, 9.17) is 14.2 Å². The Balaban J connectivity index is 1.57. The van der Waals surface area contributed by atoms with Crippen LogP contribution in [0.3, 0.4) is 0 Å². The van der Waals surface area contributed by atoms with Crippen LogP contribution in [0.1, 0.15) is 41.2 Å². The molecule has 9 heteroatoms. The molecule has 0 fully saturated rings. The summed E-state index contributed by atoms with van der Waals surface area (Å²) in [6.07, 6.45) is 0. The molecule has 3 aromatic rings. The fourth-order valence-electron chi connectivity index (χ4n) is 3.69. The number of guanidine groups is 1. The van der Waals surface area contributed by atoms with E-state index in [0.717, 1.165) is 34.9 Å². The average Bonchev–Trinajstić information content (AvgIpc) is 3.42. The fourth-order valence-corrected chi connectivity index (χ4v) is 3.69. The molecule has 0 radical (unpaired) electrons. The minimum Gasteiger partial charge on any atom is -0.494 e. The zero-order valence-corrected chi connectivity index (χ0v) is 19.8. The van der Waals surface area contributed by atoms with Crippen molar-refractivity contribution in [1.29, 1.82) is 0 Å². The SMILES string of the molecule is CCOc1ccc(NC(=NCc2c(C)nn(CC)c2C)NC(=O)c2ccc3c(c2)OCO3)cc1. The highest BCUT2D eigenvalue weighted by Crippen LogP contribution is 2.32. The van der Waals surface area contributed by atoms with Gasteiger partial charge in [0.25, 0.3) is 5.91 Å². The number of hydrogen-bond donors (Lipinski definition) is 2. The highest BCUT2D eigenvalue weighted by molar-refractivity contribution is 6.10. The molecule has 2 N–H and O–H groups in total. The number of carbonyl (C=O) groups excluding carboxylic acids is 1. The van der Waals surface area contributed by atoms with Crippen LogP contribution < -0.4 is 24.8 Å². The molecule has 2 heterocycles. The van der Waals surface area contributed by atoms with Gasteiger partial charge in [-0.2, -0.15) is 5.10 Å². The van der Waals surface area contributed by atoms with E-state index in [0.29, 0.717) is 36.2 Å². The lowest BCUT2D eigenvalue weighted by atomic mass is 10.2. The van der Waals surface area contributed by atoms with E-state index in [9.17, 15) is 4.79 Å². The molecule has 0 saturated heterocycles. The number of hydrogen-bond acceptors (Lipinski definition) is 6. The topological polar surface area (TPSA) is 99.0 Å². The van der Waals surface area contributed by atoms with Gasteiger partial charge >= 0.3 is 0 Å². The maximum absolute atomic E-state index is 13.0. The second-order valence-corrected chi connectivity index (χ2v) is 7.73. The summed E-state index contributed by atoms with van der Waals surface area (Å²) in [5.74, 6) is 1.96. The second-order valence-electron chi connectivity index (χ2n) is 7.73. The van der Waals surface area contributed by atoms with Crippen molar-refractivity contribution in [3.8, 4) is 17.2 Å². The lowest BCUT2D eigenvalue weighted by molar-refractivity contribution is 0.0976. The first-order valence-corrected chi connectivity index (χ1v) is 11.3. The number of aromatic nitrogens is 2. The zero-order valence-electron chi connectivity index (χ0n) is 19.8. The molecule has 1 aliphatic rings. The Morgan fingerprint density at radius 1 is 1.12 bits per heavy atom. The van der Waals surface area contributed by atoms with E-state index in [-0.39, 0.29) is 12.7 Å². The molecular formula is C25H29N5O4. The lowest BCUT2D eigenvalue weighted by Gasteiger charge is -2.13. The molecule has 0 spiro atoms. The van der Waals surface area contributed by atoms with E-state index in [1.54, 1.807) is 18.2 Å². The van der Waals surface area contributed by atoms with Gasteiger partial charge in [0, 0.05) is 29.1 Å². The minimum absolute atomic E-state index is 0.149. The number of benzene rings is 2. The van der Waals surface area contributed by atoms with Crippen molar-refractivity contribution in [2.75, 3.05) is 18.7 Å². The molecule has 1 aliphatic heterocycles. The number of carbonyl (C=O) groups is 1. The van der Waals surface area contributed by atoms with Crippen molar-refractivity contribution in [2.24, 2.45) is 4.99 Å². The Hall–Kier alpha value is -4.01. The quantitative estimate of drug-likeness (QED) is 0.405. The normalized spacial score (nSPS) is 12.5. The number of ether oxygens (including phenoxy) is 3. The van der Waals surface area contributed by atoms with Gasteiger partial charge in [-0.3, -0.25) is 14.8 Å². The van der Waals surface area contributed by atoms with Crippen LogP contribution in [0.4, 0.5) is 5.69 Å². The van der Waals surface area contributed by atoms with Crippen LogP contribution in [0.15, 0.2) is 47.5 Å². The monoisotopic (exact) mass is 463 g/mol. The predicted octanol–water partition coefficient (Wildman–Crippen LogP) is 4.05. The van der Waals surface area contributed by atoms with E-state index in [1.807, 2.05) is 49.7 Å². The third kappa shape index (κ3) is 5.14. The van der Waals surface area contributed by atoms with E-state index < -0.39 is 0 Å². The van der Waals surface area contributed by atoms with Crippen LogP contribution in [0.5, 0.6) is 17.2 Å². The highest BCUT2D eigenvalue weighted by atomic mass is 16.7. The van der Waals surface area contributed by atoms with Gasteiger partial charge in [0.05, 0.1) is 18.8 Å². The maximum atomic E-state index is 13.0. The van der Waals surface area contributed by atoms with Gasteiger partial charge in [-0.1, -0.05) is 0 Å². The summed E-state index contributed by atoms with van der Waals surface area (Å²) in [5, 5.41) is 10.7. The Kier molecular flexibility index (Phi) is 7.01. The van der Waals surface area contributed by atoms with Crippen molar-refractivity contribution in [3.05, 3.63) is 65.0 Å². The molecule has 9 nitrogen and oxygen atoms in total. The van der Waals surface area contributed by atoms with Gasteiger partial charge in [0.2, 0.25) is 12.8 Å². The van der Waals surface area contributed by atoms with Crippen molar-refractivity contribution in [2.45, 2.75) is 40.8 Å². The largest absolute Gasteiger partial charge is 0.494 e. The molecule has 4 rings (SSSR count). The molecule has 1 amide bonds. The molecule has 0 saturated carbocycles. The summed E-state index contributed by atoms with van der Waals surface area (Å²) in [5.41, 5.74) is 4.23. The molecule has 0 atom stereocenters. The van der Waals surface area contributed by atoms with Crippen LogP contribution >= 0.6 is 0 Å². The fraction of sp³-hybridized carbons (Fsp3) is 0.320. The smallest absolute Gasteiger partial charge is 0.258 e. The van der Waals surface area contributed by atoms with Crippen LogP contribution in [0.2, 0.25) is 0 Å². The van der Waals surface area contributed by atoms with Gasteiger partial charge in [-0.05, 0) is 70.2 Å². The van der Waals surface area contributed by atoms with E-state index >= 15 is 0 Å². The second kappa shape index (κ2) is 10.3. The number of rotatable bonds is 7. The number of aryl methyl sites for hydroxylation is 2. The Labute approximate surface area is 198 Å². The van der Waals surface area contributed by atoms with Crippen molar-refractivity contribution in [1.82, 2.24) is 15.1 Å². The van der Waals surface area contributed by atoms with Gasteiger partial charge in [0.15, 0.2) is 11.5 Å². The standard InChI is InChI=1S/C25H29N5O4/c1-5-30-17(4)21(16(3)29-30)14-26-25(27-19-8-10-20(11-9-19)32-6-2)28-24(31)18-7-12-22-23(13-18)34-15-33-22/h7-13H,5-6,14-15H2,1-4H3,(H2,26,27,28,31). The average molecular weight is 464 g/mol. The lowest BCUT2D eigenvalue weighted by Crippen LogP contribution is -2.36. The number of nitrogens with zero attached hydrogens (tertiary/aromatic N) is 3. The molecule has 2 aromatic carbocycles. The van der Waals surface area contributed by atoms with Gasteiger partial charge in [-0.25, -0.2) is 4.99 Å². The molecule has 34 heavy (non-hydrogen) atoms. The van der Waals surface area contributed by atoms with Crippen LogP contribution in [-0.4, -0.2) is 35.0 Å². The van der Waals surface area contributed by atoms with E-state index in [2.05, 4.69) is 27.6 Å². The van der Waals surface area contributed by atoms with Crippen LogP contribution in [0, 0.1) is 13.8 Å². The number of amides is 1. The molecule has 1 aromatic heterocycles. The Morgan fingerprint density at radius 3 is 2.59 bits per heavy atom. The summed E-state index contributed by atoms with van der Waals surface area (Å²) in [7, 11) is 0. The zero-order chi connectivity index (χ0) is 24.1. The summed E-state index contributed by atoms with van der Waals surface area (Å²) < 4.78 is 18.2. The third-order valence-electron chi connectivity index (χ3n) is 5.52. The number of nitrogens with one attached hydrogen (secondary N) is 2. The molecular weight excluding hydrogens is 434 g/mol. The van der Waals surface area contributed by atoms with Crippen molar-refractivity contribution in [3.63, 3.8) is 0 Å². The highest BCUT2D eigenvalue weighted by Gasteiger charge is 2.18. The first-order valence-electron chi connectivity index (χ1n) is 11.3. The van der Waals surface area contributed by atoms with Crippen LogP contribution in [-0.2, 0) is 13.1 Å². The summed E-state index contributed by atoms with van der Waals surface area (Å²) in [4.78, 5) is 17.7. The van der Waals surface area contributed by atoms with Gasteiger partial charge < -0.3 is 19.5 Å². The molecule has 0 unspecified atom stereocenters. The predicted molar refractivity (Wildman–Crippen MR) is 130 cm³/mol. The molecule has 0 aliphatic carbocycles. The summed E-state index contributed by atoms with van der Waals surface area (Å²) >= 11 is 0. The summed E-state index contributed by atoms with van der Waals surface area (Å²) in [6.45, 7) is 9.89. The van der Waals surface area contributed by atoms with E-state index in [1.165, 1.54) is 0 Å². The van der Waals surface area contributed by atoms with Crippen molar-refractivity contribution >= 4 is 17.6 Å². The van der Waals surface area contributed by atoms with Gasteiger partial charge in [-0.15, -0.1) is 0 Å². The summed E-state index contributed by atoms with van der Waals surface area (Å²) in [6, 6.07) is 12.5. The molecule has 178 valence electrons. The molecule has 0 bridgehead atoms. The first kappa shape index (κ1) is 23.2. The maximum Gasteiger partial charge on any atom is 0.258 e. The number of anilines is 1. The minimum atomic E-state index is -0.312. The van der Waals surface area contributed by atoms with Gasteiger partial charge in [0.1, 0.15) is 5.75 Å². The third-order valence-corrected chi connectivity index (χ3v) is 5.52. The van der Waals surface area contributed by atoms with Crippen molar-refractivity contribution < 1.29 is 19.0 Å². The number of aliphatic imine (C=N–C) groups is 1. The Bertz CT molecular complexity index is 1200. The van der Waals surface area contributed by atoms with Crippen LogP contribution in [0.25, 0.3) is 0 Å².